The SMILES string of the molecule is CC(=O)c1sc(NC(=O)C2CCCCC2)nc1-c1ccccc1. The lowest BCUT2D eigenvalue weighted by Gasteiger charge is -2.19. The van der Waals surface area contributed by atoms with Crippen molar-refractivity contribution in [2.45, 2.75) is 39.0 Å². The molecule has 1 saturated carbocycles. The number of hydrogen-bond donors (Lipinski definition) is 1. The van der Waals surface area contributed by atoms with E-state index in [9.17, 15) is 9.59 Å². The Bertz CT molecular complexity index is 703. The topological polar surface area (TPSA) is 59.1 Å². The van der Waals surface area contributed by atoms with E-state index in [0.717, 1.165) is 31.2 Å². The van der Waals surface area contributed by atoms with Crippen molar-refractivity contribution >= 4 is 28.2 Å². The number of Topliss-reactive ketones (excluding diaryl/α,β-unsaturated/α-hetero) is 1. The zero-order chi connectivity index (χ0) is 16.2. The molecule has 0 atom stereocenters. The van der Waals surface area contributed by atoms with Gasteiger partial charge < -0.3 is 5.32 Å². The fourth-order valence-electron chi connectivity index (χ4n) is 2.98. The van der Waals surface area contributed by atoms with Crippen molar-refractivity contribution in [3.8, 4) is 11.3 Å². The van der Waals surface area contributed by atoms with Crippen LogP contribution in [-0.2, 0) is 4.79 Å². The van der Waals surface area contributed by atoms with Crippen molar-refractivity contribution in [1.29, 1.82) is 0 Å². The maximum absolute atomic E-state index is 12.4. The second kappa shape index (κ2) is 7.04. The van der Waals surface area contributed by atoms with Crippen molar-refractivity contribution in [2.24, 2.45) is 5.92 Å². The fraction of sp³-hybridized carbons (Fsp3) is 0.389. The van der Waals surface area contributed by atoms with E-state index in [1.165, 1.54) is 24.7 Å². The molecule has 2 aromatic rings. The number of hydrogen-bond acceptors (Lipinski definition) is 4. The van der Waals surface area contributed by atoms with Gasteiger partial charge in [-0.15, -0.1) is 0 Å². The smallest absolute Gasteiger partial charge is 0.229 e. The van der Waals surface area contributed by atoms with E-state index >= 15 is 0 Å². The van der Waals surface area contributed by atoms with Crippen molar-refractivity contribution in [2.75, 3.05) is 5.32 Å². The van der Waals surface area contributed by atoms with E-state index in [4.69, 9.17) is 0 Å². The summed E-state index contributed by atoms with van der Waals surface area (Å²) in [6, 6.07) is 9.61. The molecule has 1 aromatic heterocycles. The summed E-state index contributed by atoms with van der Waals surface area (Å²) >= 11 is 1.26. The molecule has 1 heterocycles. The van der Waals surface area contributed by atoms with Crippen LogP contribution in [0.15, 0.2) is 30.3 Å². The first-order valence-electron chi connectivity index (χ1n) is 8.03. The van der Waals surface area contributed by atoms with Gasteiger partial charge in [0.05, 0.1) is 10.6 Å². The molecule has 5 heteroatoms. The standard InChI is InChI=1S/C18H20N2O2S/c1-12(21)16-15(13-8-4-2-5-9-13)19-18(23-16)20-17(22)14-10-6-3-7-11-14/h2,4-5,8-9,14H,3,6-7,10-11H2,1H3,(H,19,20,22). The highest BCUT2D eigenvalue weighted by Crippen LogP contribution is 2.32. The van der Waals surface area contributed by atoms with Crippen LogP contribution in [0.3, 0.4) is 0 Å². The van der Waals surface area contributed by atoms with Gasteiger partial charge in [0.2, 0.25) is 5.91 Å². The number of nitrogens with one attached hydrogen (secondary N) is 1. The first-order valence-corrected chi connectivity index (χ1v) is 8.85. The van der Waals surface area contributed by atoms with Crippen LogP contribution in [0.1, 0.15) is 48.7 Å². The van der Waals surface area contributed by atoms with Gasteiger partial charge in [-0.2, -0.15) is 0 Å². The van der Waals surface area contributed by atoms with Crippen LogP contribution in [0.5, 0.6) is 0 Å². The Kier molecular flexibility index (Phi) is 4.86. The number of benzene rings is 1. The Hall–Kier alpha value is -2.01. The van der Waals surface area contributed by atoms with Crippen LogP contribution in [0.25, 0.3) is 11.3 Å². The van der Waals surface area contributed by atoms with Gasteiger partial charge in [0.25, 0.3) is 0 Å². The summed E-state index contributed by atoms with van der Waals surface area (Å²) in [5.74, 6) is 0.0845. The molecular formula is C18H20N2O2S. The summed E-state index contributed by atoms with van der Waals surface area (Å²) in [6.45, 7) is 1.53. The molecule has 0 spiro atoms. The van der Waals surface area contributed by atoms with E-state index in [-0.39, 0.29) is 17.6 Å². The Morgan fingerprint density at radius 3 is 2.48 bits per heavy atom. The third kappa shape index (κ3) is 3.67. The van der Waals surface area contributed by atoms with E-state index < -0.39 is 0 Å². The zero-order valence-electron chi connectivity index (χ0n) is 13.2. The molecule has 0 unspecified atom stereocenters. The Morgan fingerprint density at radius 2 is 1.83 bits per heavy atom. The molecule has 0 aliphatic heterocycles. The minimum Gasteiger partial charge on any atom is -0.302 e. The van der Waals surface area contributed by atoms with Crippen LogP contribution in [0.2, 0.25) is 0 Å². The van der Waals surface area contributed by atoms with Crippen molar-refractivity contribution < 1.29 is 9.59 Å². The molecule has 23 heavy (non-hydrogen) atoms. The van der Waals surface area contributed by atoms with Crippen molar-refractivity contribution in [1.82, 2.24) is 4.98 Å². The zero-order valence-corrected chi connectivity index (χ0v) is 14.0. The molecule has 1 aliphatic carbocycles. The van der Waals surface area contributed by atoms with Gasteiger partial charge in [0.15, 0.2) is 10.9 Å². The molecule has 1 fully saturated rings. The molecule has 0 bridgehead atoms. The molecule has 0 saturated heterocycles. The third-order valence-electron chi connectivity index (χ3n) is 4.20. The van der Waals surface area contributed by atoms with Crippen molar-refractivity contribution in [3.05, 3.63) is 35.2 Å². The Labute approximate surface area is 140 Å². The van der Waals surface area contributed by atoms with Crippen LogP contribution in [-0.4, -0.2) is 16.7 Å². The molecule has 1 amide bonds. The molecule has 120 valence electrons. The van der Waals surface area contributed by atoms with Crippen LogP contribution in [0, 0.1) is 5.92 Å². The van der Waals surface area contributed by atoms with Gasteiger partial charge >= 0.3 is 0 Å². The number of carbonyl (C=O) groups is 2. The number of ketones is 1. The van der Waals surface area contributed by atoms with Crippen LogP contribution >= 0.6 is 11.3 Å². The van der Waals surface area contributed by atoms with Gasteiger partial charge in [-0.25, -0.2) is 4.98 Å². The maximum atomic E-state index is 12.4. The summed E-state index contributed by atoms with van der Waals surface area (Å²) in [5, 5.41) is 3.43. The van der Waals surface area contributed by atoms with E-state index in [0.29, 0.717) is 15.7 Å². The van der Waals surface area contributed by atoms with E-state index in [2.05, 4.69) is 10.3 Å². The number of nitrogens with zero attached hydrogens (tertiary/aromatic N) is 1. The van der Waals surface area contributed by atoms with E-state index in [1.54, 1.807) is 0 Å². The number of rotatable bonds is 4. The first kappa shape index (κ1) is 15.9. The minimum absolute atomic E-state index is 0.0282. The Balaban J connectivity index is 1.83. The lowest BCUT2D eigenvalue weighted by molar-refractivity contribution is -0.120. The summed E-state index contributed by atoms with van der Waals surface area (Å²) in [5.41, 5.74) is 1.55. The predicted molar refractivity (Wildman–Crippen MR) is 92.8 cm³/mol. The highest BCUT2D eigenvalue weighted by Gasteiger charge is 2.23. The molecule has 4 nitrogen and oxygen atoms in total. The first-order chi connectivity index (χ1) is 11.1. The minimum atomic E-state index is -0.0282. The quantitative estimate of drug-likeness (QED) is 0.839. The highest BCUT2D eigenvalue weighted by atomic mass is 32.1. The number of carbonyl (C=O) groups excluding carboxylic acids is 2. The number of thiazole rings is 1. The monoisotopic (exact) mass is 328 g/mol. The average Bonchev–Trinajstić information content (AvgIpc) is 3.00. The maximum Gasteiger partial charge on any atom is 0.229 e. The van der Waals surface area contributed by atoms with Crippen molar-refractivity contribution in [3.63, 3.8) is 0 Å². The molecule has 1 aromatic carbocycles. The van der Waals surface area contributed by atoms with Gasteiger partial charge in [0.1, 0.15) is 0 Å². The molecular weight excluding hydrogens is 308 g/mol. The highest BCUT2D eigenvalue weighted by molar-refractivity contribution is 7.18. The summed E-state index contributed by atoms with van der Waals surface area (Å²) < 4.78 is 0. The van der Waals surface area contributed by atoms with Gasteiger partial charge in [-0.1, -0.05) is 60.9 Å². The molecule has 1 aliphatic rings. The fourth-order valence-corrected chi connectivity index (χ4v) is 3.86. The molecule has 0 radical (unpaired) electrons. The normalized spacial score (nSPS) is 15.3. The van der Waals surface area contributed by atoms with Crippen LogP contribution < -0.4 is 5.32 Å². The van der Waals surface area contributed by atoms with Crippen LogP contribution in [0.4, 0.5) is 5.13 Å². The third-order valence-corrected chi connectivity index (χ3v) is 5.27. The second-order valence-corrected chi connectivity index (χ2v) is 6.94. The lowest BCUT2D eigenvalue weighted by atomic mass is 9.89. The second-order valence-electron chi connectivity index (χ2n) is 5.94. The lowest BCUT2D eigenvalue weighted by Crippen LogP contribution is -2.24. The molecule has 1 N–H and O–H groups in total. The van der Waals surface area contributed by atoms with E-state index in [1.807, 2.05) is 30.3 Å². The number of anilines is 1. The number of amides is 1. The number of aromatic nitrogens is 1. The summed E-state index contributed by atoms with van der Waals surface area (Å²) in [7, 11) is 0. The predicted octanol–water partition coefficient (Wildman–Crippen LogP) is 4.53. The Morgan fingerprint density at radius 1 is 1.13 bits per heavy atom. The largest absolute Gasteiger partial charge is 0.302 e. The van der Waals surface area contributed by atoms with Gasteiger partial charge in [-0.05, 0) is 12.8 Å². The average molecular weight is 328 g/mol. The van der Waals surface area contributed by atoms with Gasteiger partial charge in [0, 0.05) is 18.4 Å². The summed E-state index contributed by atoms with van der Waals surface area (Å²) in [4.78, 5) is 29.4. The molecule has 3 rings (SSSR count). The summed E-state index contributed by atoms with van der Waals surface area (Å²) in [6.07, 6.45) is 5.34. The van der Waals surface area contributed by atoms with Gasteiger partial charge in [-0.3, -0.25) is 9.59 Å².